The number of carbonyl (C=O) groups is 1. The van der Waals surface area contributed by atoms with Gasteiger partial charge in [-0.15, -0.1) is 0 Å². The van der Waals surface area contributed by atoms with Crippen molar-refractivity contribution in [1.29, 1.82) is 0 Å². The van der Waals surface area contributed by atoms with Gasteiger partial charge in [0.05, 0.1) is 0 Å². The molecule has 1 fully saturated rings. The Bertz CT molecular complexity index is 473. The van der Waals surface area contributed by atoms with Gasteiger partial charge in [0, 0.05) is 30.5 Å². The second kappa shape index (κ2) is 6.43. The molecule has 1 saturated carbocycles. The van der Waals surface area contributed by atoms with Crippen LogP contribution in [0, 0.1) is 6.92 Å². The summed E-state index contributed by atoms with van der Waals surface area (Å²) in [4.78, 5) is 15.9. The molecule has 2 N–H and O–H groups in total. The third-order valence-corrected chi connectivity index (χ3v) is 3.43. The van der Waals surface area contributed by atoms with E-state index in [4.69, 9.17) is 4.74 Å². The number of nitrogens with zero attached hydrogens (tertiary/aromatic N) is 1. The summed E-state index contributed by atoms with van der Waals surface area (Å²) in [6, 6.07) is 4.77. The van der Waals surface area contributed by atoms with Crippen LogP contribution in [-0.2, 0) is 11.3 Å². The van der Waals surface area contributed by atoms with Gasteiger partial charge in [-0.05, 0) is 52.2 Å². The molecule has 0 aliphatic heterocycles. The number of amides is 1. The molecule has 1 amide bonds. The van der Waals surface area contributed by atoms with Gasteiger partial charge in [0.2, 0.25) is 0 Å². The van der Waals surface area contributed by atoms with Crippen LogP contribution >= 0.6 is 0 Å². The second-order valence-corrected chi connectivity index (χ2v) is 6.70. The zero-order chi connectivity index (χ0) is 15.5. The average molecular weight is 291 g/mol. The fraction of sp³-hybridized carbons (Fsp3) is 0.625. The van der Waals surface area contributed by atoms with E-state index in [1.165, 1.54) is 5.56 Å². The van der Waals surface area contributed by atoms with Gasteiger partial charge >= 0.3 is 6.09 Å². The third-order valence-electron chi connectivity index (χ3n) is 3.43. The van der Waals surface area contributed by atoms with Crippen molar-refractivity contribution in [3.05, 3.63) is 29.6 Å². The molecule has 5 nitrogen and oxygen atoms in total. The van der Waals surface area contributed by atoms with E-state index in [-0.39, 0.29) is 12.1 Å². The molecule has 0 atom stereocenters. The minimum absolute atomic E-state index is 0.216. The number of hydrogen-bond acceptors (Lipinski definition) is 4. The summed E-state index contributed by atoms with van der Waals surface area (Å²) in [5.74, 6) is 0. The number of carbonyl (C=O) groups excluding carboxylic acids is 1. The molecule has 1 aromatic heterocycles. The maximum Gasteiger partial charge on any atom is 0.407 e. The van der Waals surface area contributed by atoms with Gasteiger partial charge in [0.15, 0.2) is 0 Å². The normalized spacial score (nSPS) is 21.5. The van der Waals surface area contributed by atoms with E-state index in [2.05, 4.69) is 21.7 Å². The highest BCUT2D eigenvalue weighted by molar-refractivity contribution is 5.68. The molecule has 1 aromatic rings. The molecule has 1 aliphatic carbocycles. The Morgan fingerprint density at radius 1 is 1.33 bits per heavy atom. The highest BCUT2D eigenvalue weighted by atomic mass is 16.6. The zero-order valence-corrected chi connectivity index (χ0v) is 13.3. The second-order valence-electron chi connectivity index (χ2n) is 6.70. The molecule has 116 valence electrons. The first-order valence-electron chi connectivity index (χ1n) is 7.46. The van der Waals surface area contributed by atoms with Crippen molar-refractivity contribution in [2.75, 3.05) is 0 Å². The molecule has 0 spiro atoms. The van der Waals surface area contributed by atoms with Gasteiger partial charge in [-0.2, -0.15) is 0 Å². The number of rotatable bonds is 4. The van der Waals surface area contributed by atoms with E-state index in [9.17, 15) is 4.79 Å². The van der Waals surface area contributed by atoms with Crippen LogP contribution in [0.3, 0.4) is 0 Å². The molecular formula is C16H25N3O2. The predicted octanol–water partition coefficient (Wildman–Crippen LogP) is 2.54. The fourth-order valence-electron chi connectivity index (χ4n) is 2.24. The number of aryl methyl sites for hydroxylation is 1. The molecule has 5 heteroatoms. The van der Waals surface area contributed by atoms with Gasteiger partial charge in [0.1, 0.15) is 5.60 Å². The summed E-state index contributed by atoms with van der Waals surface area (Å²) in [5, 5.41) is 6.37. The number of pyridine rings is 1. The third kappa shape index (κ3) is 5.34. The van der Waals surface area contributed by atoms with Gasteiger partial charge in [-0.1, -0.05) is 6.07 Å². The first kappa shape index (κ1) is 15.8. The van der Waals surface area contributed by atoms with Gasteiger partial charge in [-0.25, -0.2) is 4.79 Å². The lowest BCUT2D eigenvalue weighted by Gasteiger charge is -2.36. The Morgan fingerprint density at radius 2 is 2.05 bits per heavy atom. The Hall–Kier alpha value is -1.62. The topological polar surface area (TPSA) is 63.2 Å². The largest absolute Gasteiger partial charge is 0.444 e. The van der Waals surface area contributed by atoms with Crippen molar-refractivity contribution in [2.24, 2.45) is 0 Å². The Labute approximate surface area is 126 Å². The van der Waals surface area contributed by atoms with Crippen LogP contribution in [0.4, 0.5) is 4.79 Å². The average Bonchev–Trinajstić information content (AvgIpc) is 2.31. The first-order chi connectivity index (χ1) is 9.82. The van der Waals surface area contributed by atoms with Crippen LogP contribution in [0.5, 0.6) is 0 Å². The molecule has 1 aliphatic rings. The molecule has 0 aromatic carbocycles. The highest BCUT2D eigenvalue weighted by Gasteiger charge is 2.31. The molecule has 0 unspecified atom stereocenters. The van der Waals surface area contributed by atoms with Crippen molar-refractivity contribution in [1.82, 2.24) is 15.6 Å². The van der Waals surface area contributed by atoms with Crippen LogP contribution in [-0.4, -0.2) is 28.8 Å². The van der Waals surface area contributed by atoms with E-state index in [1.807, 2.05) is 40.0 Å². The zero-order valence-electron chi connectivity index (χ0n) is 13.3. The number of hydrogen-bond donors (Lipinski definition) is 2. The van der Waals surface area contributed by atoms with Crippen LogP contribution in [0.1, 0.15) is 44.9 Å². The molecule has 2 rings (SSSR count). The summed E-state index contributed by atoms with van der Waals surface area (Å²) in [6.45, 7) is 8.40. The van der Waals surface area contributed by atoms with E-state index in [0.717, 1.165) is 25.1 Å². The summed E-state index contributed by atoms with van der Waals surface area (Å²) in [6.07, 6.45) is 3.46. The molecule has 21 heavy (non-hydrogen) atoms. The number of nitrogens with one attached hydrogen (secondary N) is 2. The highest BCUT2D eigenvalue weighted by Crippen LogP contribution is 2.21. The monoisotopic (exact) mass is 291 g/mol. The van der Waals surface area contributed by atoms with Crippen molar-refractivity contribution >= 4 is 6.09 Å². The van der Waals surface area contributed by atoms with Crippen molar-refractivity contribution < 1.29 is 9.53 Å². The van der Waals surface area contributed by atoms with Crippen molar-refractivity contribution in [2.45, 2.75) is 64.8 Å². The molecule has 0 bridgehead atoms. The lowest BCUT2D eigenvalue weighted by Crippen LogP contribution is -2.52. The van der Waals surface area contributed by atoms with Crippen LogP contribution in [0.15, 0.2) is 18.3 Å². The first-order valence-corrected chi connectivity index (χ1v) is 7.46. The Kier molecular flexibility index (Phi) is 4.83. The number of ether oxygens (including phenoxy) is 1. The standard InChI is InChI=1S/C16H25N3O2/c1-11-5-6-12(9-17-11)10-18-13-7-14(8-13)19-15(20)21-16(2,3)4/h5-6,9,13-14,18H,7-8,10H2,1-4H3,(H,19,20). The minimum atomic E-state index is -0.441. The summed E-state index contributed by atoms with van der Waals surface area (Å²) >= 11 is 0. The summed E-state index contributed by atoms with van der Waals surface area (Å²) < 4.78 is 5.24. The SMILES string of the molecule is Cc1ccc(CNC2CC(NC(=O)OC(C)(C)C)C2)cn1. The maximum atomic E-state index is 11.6. The van der Waals surface area contributed by atoms with Gasteiger partial charge < -0.3 is 15.4 Å². The smallest absolute Gasteiger partial charge is 0.407 e. The molecule has 0 radical (unpaired) electrons. The van der Waals surface area contributed by atoms with E-state index < -0.39 is 5.60 Å². The summed E-state index contributed by atoms with van der Waals surface area (Å²) in [5.41, 5.74) is 1.78. The van der Waals surface area contributed by atoms with E-state index in [0.29, 0.717) is 6.04 Å². The van der Waals surface area contributed by atoms with E-state index >= 15 is 0 Å². The quantitative estimate of drug-likeness (QED) is 0.895. The van der Waals surface area contributed by atoms with Crippen LogP contribution in [0.2, 0.25) is 0 Å². The minimum Gasteiger partial charge on any atom is -0.444 e. The fourth-order valence-corrected chi connectivity index (χ4v) is 2.24. The Balaban J connectivity index is 1.63. The van der Waals surface area contributed by atoms with Crippen LogP contribution in [0.25, 0.3) is 0 Å². The van der Waals surface area contributed by atoms with Crippen molar-refractivity contribution in [3.8, 4) is 0 Å². The van der Waals surface area contributed by atoms with Gasteiger partial charge in [-0.3, -0.25) is 4.98 Å². The Morgan fingerprint density at radius 3 is 2.62 bits per heavy atom. The molecule has 1 heterocycles. The predicted molar refractivity (Wildman–Crippen MR) is 82.0 cm³/mol. The van der Waals surface area contributed by atoms with Crippen molar-refractivity contribution in [3.63, 3.8) is 0 Å². The van der Waals surface area contributed by atoms with Gasteiger partial charge in [0.25, 0.3) is 0 Å². The number of alkyl carbamates (subject to hydrolysis) is 1. The molecular weight excluding hydrogens is 266 g/mol. The van der Waals surface area contributed by atoms with Crippen LogP contribution < -0.4 is 10.6 Å². The molecule has 0 saturated heterocycles. The van der Waals surface area contributed by atoms with E-state index in [1.54, 1.807) is 0 Å². The lowest BCUT2D eigenvalue weighted by molar-refractivity contribution is 0.0465. The number of aromatic nitrogens is 1. The lowest BCUT2D eigenvalue weighted by atomic mass is 9.87. The summed E-state index contributed by atoms with van der Waals surface area (Å²) in [7, 11) is 0. The maximum absolute atomic E-state index is 11.6.